The highest BCUT2D eigenvalue weighted by atomic mass is 19.4. The predicted molar refractivity (Wildman–Crippen MR) is 141 cm³/mol. The van der Waals surface area contributed by atoms with Crippen molar-refractivity contribution in [2.24, 2.45) is 17.3 Å². The second-order valence-corrected chi connectivity index (χ2v) is 12.7. The molecular weight excluding hydrogens is 527 g/mol. The summed E-state index contributed by atoms with van der Waals surface area (Å²) in [5, 5.41) is 14.7. The number of nitrogens with one attached hydrogen (secondary N) is 1. The number of hydrogen-bond donors (Lipinski definition) is 2. The minimum Gasteiger partial charge on any atom is -0.383 e. The van der Waals surface area contributed by atoms with Crippen LogP contribution in [0, 0.1) is 17.3 Å². The number of halogens is 5. The second-order valence-electron chi connectivity index (χ2n) is 12.7. The fourth-order valence-electron chi connectivity index (χ4n) is 8.70. The third kappa shape index (κ3) is 4.21. The molecule has 3 fully saturated rings. The Kier molecular flexibility index (Phi) is 6.82. The van der Waals surface area contributed by atoms with Gasteiger partial charge in [0.25, 0.3) is 0 Å². The van der Waals surface area contributed by atoms with Gasteiger partial charge in [-0.2, -0.15) is 22.0 Å². The van der Waals surface area contributed by atoms with E-state index in [4.69, 9.17) is 0 Å². The zero-order valence-corrected chi connectivity index (χ0v) is 22.8. The molecule has 0 radical (unpaired) electrons. The number of allylic oxidation sites excluding steroid dienone is 4. The van der Waals surface area contributed by atoms with Gasteiger partial charge in [-0.15, -0.1) is 0 Å². The highest BCUT2D eigenvalue weighted by molar-refractivity contribution is 5.93. The highest BCUT2D eigenvalue weighted by Crippen LogP contribution is 2.70. The summed E-state index contributed by atoms with van der Waals surface area (Å²) in [6.07, 6.45) is -2.46. The maximum absolute atomic E-state index is 15.1. The number of carbonyl (C=O) groups is 1. The molecule has 4 aliphatic carbocycles. The molecule has 40 heavy (non-hydrogen) atoms. The smallest absolute Gasteiger partial charge is 0.383 e. The van der Waals surface area contributed by atoms with Crippen LogP contribution < -0.4 is 5.32 Å². The van der Waals surface area contributed by atoms with Crippen molar-refractivity contribution in [1.82, 2.24) is 10.2 Å². The van der Waals surface area contributed by atoms with E-state index in [0.717, 1.165) is 60.6 Å². The Morgan fingerprint density at radius 2 is 1.73 bits per heavy atom. The van der Waals surface area contributed by atoms with Crippen molar-refractivity contribution >= 4 is 5.78 Å². The SMILES string of the molecule is C[C@]12C[C@H](c3ccc(CN4CCNCC4)cc3)C3=C4CCC(=O)C=C4CC[C@H]3[C@@H]1CC[C@@]2(O)C(F)(F)C(F)(F)F. The van der Waals surface area contributed by atoms with Crippen LogP contribution in [-0.4, -0.2) is 59.7 Å². The largest absolute Gasteiger partial charge is 0.456 e. The molecule has 218 valence electrons. The van der Waals surface area contributed by atoms with Crippen molar-refractivity contribution < 1.29 is 31.9 Å². The van der Waals surface area contributed by atoms with E-state index < -0.39 is 41.4 Å². The summed E-state index contributed by atoms with van der Waals surface area (Å²) in [5.74, 6) is -6.24. The van der Waals surface area contributed by atoms with Gasteiger partial charge in [-0.05, 0) is 78.7 Å². The summed E-state index contributed by atoms with van der Waals surface area (Å²) < 4.78 is 71.5. The number of nitrogens with zero attached hydrogens (tertiary/aromatic N) is 1. The Hall–Kier alpha value is -2.10. The van der Waals surface area contributed by atoms with Crippen LogP contribution in [0.1, 0.15) is 68.9 Å². The number of benzene rings is 1. The first kappa shape index (κ1) is 28.0. The van der Waals surface area contributed by atoms with E-state index >= 15 is 8.78 Å². The Balaban J connectivity index is 1.42. The first-order valence-corrected chi connectivity index (χ1v) is 14.5. The molecule has 0 amide bonds. The molecule has 2 saturated carbocycles. The van der Waals surface area contributed by atoms with Crippen LogP contribution in [0.2, 0.25) is 0 Å². The molecule has 2 N–H and O–H groups in total. The van der Waals surface area contributed by atoms with Crippen LogP contribution in [0.15, 0.2) is 47.1 Å². The first-order valence-electron chi connectivity index (χ1n) is 14.5. The van der Waals surface area contributed by atoms with Crippen LogP contribution in [0.3, 0.4) is 0 Å². The van der Waals surface area contributed by atoms with Crippen molar-refractivity contribution in [2.75, 3.05) is 26.2 Å². The zero-order valence-electron chi connectivity index (χ0n) is 22.8. The van der Waals surface area contributed by atoms with E-state index in [1.165, 1.54) is 6.92 Å². The number of alkyl halides is 5. The molecule has 1 aliphatic heterocycles. The normalized spacial score (nSPS) is 35.2. The molecule has 1 aromatic rings. The van der Waals surface area contributed by atoms with Crippen LogP contribution in [0.4, 0.5) is 22.0 Å². The first-order chi connectivity index (χ1) is 18.9. The van der Waals surface area contributed by atoms with Crippen molar-refractivity contribution in [3.63, 3.8) is 0 Å². The van der Waals surface area contributed by atoms with Crippen LogP contribution in [0.5, 0.6) is 0 Å². The Morgan fingerprint density at radius 3 is 2.40 bits per heavy atom. The molecule has 1 heterocycles. The van der Waals surface area contributed by atoms with Gasteiger partial charge < -0.3 is 10.4 Å². The maximum atomic E-state index is 15.1. The molecule has 1 aromatic carbocycles. The fraction of sp³-hybridized carbons (Fsp3) is 0.645. The summed E-state index contributed by atoms with van der Waals surface area (Å²) in [5.41, 5.74) is 0.356. The van der Waals surface area contributed by atoms with Gasteiger partial charge in [0.1, 0.15) is 5.60 Å². The van der Waals surface area contributed by atoms with Gasteiger partial charge in [0.05, 0.1) is 0 Å². The second kappa shape index (κ2) is 9.73. The topological polar surface area (TPSA) is 52.6 Å². The summed E-state index contributed by atoms with van der Waals surface area (Å²) in [6, 6.07) is 8.03. The molecule has 4 nitrogen and oxygen atoms in total. The Labute approximate surface area is 231 Å². The molecule has 5 aliphatic rings. The molecule has 1 saturated heterocycles. The van der Waals surface area contributed by atoms with Gasteiger partial charge in [-0.25, -0.2) is 0 Å². The molecule has 0 aromatic heterocycles. The molecule has 6 rings (SSSR count). The predicted octanol–water partition coefficient (Wildman–Crippen LogP) is 5.92. The minimum atomic E-state index is -5.84. The van der Waals surface area contributed by atoms with Crippen LogP contribution >= 0.6 is 0 Å². The third-order valence-corrected chi connectivity index (χ3v) is 10.8. The van der Waals surface area contributed by atoms with E-state index in [2.05, 4.69) is 10.2 Å². The Morgan fingerprint density at radius 1 is 1.02 bits per heavy atom. The zero-order chi connectivity index (χ0) is 28.5. The van der Waals surface area contributed by atoms with E-state index in [-0.39, 0.29) is 24.5 Å². The van der Waals surface area contributed by atoms with E-state index in [1.807, 2.05) is 24.3 Å². The average molecular weight is 565 g/mol. The fourth-order valence-corrected chi connectivity index (χ4v) is 8.70. The number of ketones is 1. The number of carbonyl (C=O) groups excluding carboxylic acids is 1. The number of rotatable bonds is 4. The Bertz CT molecular complexity index is 1230. The lowest BCUT2D eigenvalue weighted by Crippen LogP contribution is -2.65. The standard InChI is InChI=1S/C31H37F5N2O2/c1-28-17-25(20-4-2-19(3-5-20)18-38-14-12-37-13-15-38)27-23-9-7-22(39)16-21(23)6-8-24(27)26(28)10-11-29(28,40)30(32,33)31(34,35)36/h2-5,16,24-26,37,40H,6-15,17-18H2,1H3/t24-,25+,26-,28-,29-/m0/s1. The van der Waals surface area contributed by atoms with E-state index in [1.54, 1.807) is 6.08 Å². The van der Waals surface area contributed by atoms with Crippen molar-refractivity contribution in [3.8, 4) is 0 Å². The van der Waals surface area contributed by atoms with Gasteiger partial charge >= 0.3 is 12.1 Å². The highest BCUT2D eigenvalue weighted by Gasteiger charge is 2.79. The lowest BCUT2D eigenvalue weighted by Gasteiger charge is -2.56. The molecule has 0 bridgehead atoms. The summed E-state index contributed by atoms with van der Waals surface area (Å²) >= 11 is 0. The lowest BCUT2D eigenvalue weighted by atomic mass is 9.50. The van der Waals surface area contributed by atoms with Gasteiger partial charge in [0.15, 0.2) is 5.78 Å². The number of piperazine rings is 1. The van der Waals surface area contributed by atoms with E-state index in [0.29, 0.717) is 25.7 Å². The summed E-state index contributed by atoms with van der Waals surface area (Å²) in [6.45, 7) is 6.01. The quantitative estimate of drug-likeness (QED) is 0.446. The average Bonchev–Trinajstić information content (AvgIpc) is 3.20. The molecule has 5 atom stereocenters. The molecule has 0 spiro atoms. The van der Waals surface area contributed by atoms with Gasteiger partial charge in [-0.3, -0.25) is 9.69 Å². The van der Waals surface area contributed by atoms with Crippen molar-refractivity contribution in [1.29, 1.82) is 0 Å². The summed E-state index contributed by atoms with van der Waals surface area (Å²) in [4.78, 5) is 14.6. The lowest BCUT2D eigenvalue weighted by molar-refractivity contribution is -0.362. The molecular formula is C31H37F5N2O2. The number of hydrogen-bond acceptors (Lipinski definition) is 4. The van der Waals surface area contributed by atoms with Gasteiger partial charge in [-0.1, -0.05) is 36.8 Å². The van der Waals surface area contributed by atoms with Crippen molar-refractivity contribution in [2.45, 2.75) is 82.0 Å². The number of fused-ring (bicyclic) bond motifs is 4. The monoisotopic (exact) mass is 564 g/mol. The van der Waals surface area contributed by atoms with E-state index in [9.17, 15) is 23.1 Å². The van der Waals surface area contributed by atoms with Crippen LogP contribution in [0.25, 0.3) is 0 Å². The molecule has 0 unspecified atom stereocenters. The summed E-state index contributed by atoms with van der Waals surface area (Å²) in [7, 11) is 0. The number of aliphatic hydroxyl groups is 1. The minimum absolute atomic E-state index is 0.00748. The molecule has 9 heteroatoms. The van der Waals surface area contributed by atoms with Crippen LogP contribution in [-0.2, 0) is 11.3 Å². The van der Waals surface area contributed by atoms with Gasteiger partial charge in [0, 0.05) is 50.5 Å². The van der Waals surface area contributed by atoms with Crippen molar-refractivity contribution in [3.05, 3.63) is 58.2 Å². The maximum Gasteiger partial charge on any atom is 0.456 e. The third-order valence-electron chi connectivity index (χ3n) is 10.8. The van der Waals surface area contributed by atoms with Gasteiger partial charge in [0.2, 0.25) is 0 Å².